The Morgan fingerprint density at radius 2 is 1.91 bits per heavy atom. The van der Waals surface area contributed by atoms with Gasteiger partial charge >= 0.3 is 12.1 Å². The Hall–Kier alpha value is -2.84. The van der Waals surface area contributed by atoms with Gasteiger partial charge in [-0.2, -0.15) is 13.2 Å². The molecule has 23 heavy (non-hydrogen) atoms. The molecule has 0 bridgehead atoms. The third kappa shape index (κ3) is 3.68. The van der Waals surface area contributed by atoms with E-state index in [4.69, 9.17) is 4.74 Å². The first-order valence-electron chi connectivity index (χ1n) is 6.32. The molecule has 2 rings (SSSR count). The highest BCUT2D eigenvalue weighted by Gasteiger charge is 2.38. The van der Waals surface area contributed by atoms with E-state index in [0.29, 0.717) is 0 Å². The molecule has 1 N–H and O–H groups in total. The van der Waals surface area contributed by atoms with Crippen LogP contribution in [0.2, 0.25) is 0 Å². The Morgan fingerprint density at radius 1 is 1.26 bits per heavy atom. The van der Waals surface area contributed by atoms with Crippen LogP contribution in [0.5, 0.6) is 5.75 Å². The highest BCUT2D eigenvalue weighted by Crippen LogP contribution is 2.34. The average molecular weight is 328 g/mol. The first-order chi connectivity index (χ1) is 10.7. The molecule has 0 radical (unpaired) electrons. The van der Waals surface area contributed by atoms with Gasteiger partial charge in [0, 0.05) is 12.5 Å². The van der Waals surface area contributed by atoms with Gasteiger partial charge in [-0.1, -0.05) is 17.3 Å². The third-order valence-corrected chi connectivity index (χ3v) is 2.80. The summed E-state index contributed by atoms with van der Waals surface area (Å²) in [6, 6.07) is 5.78. The van der Waals surface area contributed by atoms with Crippen LogP contribution in [0.3, 0.4) is 0 Å². The summed E-state index contributed by atoms with van der Waals surface area (Å²) >= 11 is 0. The van der Waals surface area contributed by atoms with Crippen LogP contribution < -0.4 is 10.1 Å². The topological polar surface area (TPSA) is 81.4 Å². The minimum Gasteiger partial charge on any atom is -0.426 e. The molecule has 2 aromatic rings. The van der Waals surface area contributed by atoms with Crippen molar-refractivity contribution in [2.75, 3.05) is 5.32 Å². The van der Waals surface area contributed by atoms with Gasteiger partial charge in [0.15, 0.2) is 5.69 Å². The van der Waals surface area contributed by atoms with Gasteiger partial charge in [-0.05, 0) is 19.1 Å². The van der Waals surface area contributed by atoms with Crippen molar-refractivity contribution >= 4 is 17.8 Å². The number of esters is 1. The van der Waals surface area contributed by atoms with Crippen molar-refractivity contribution in [2.45, 2.75) is 20.0 Å². The molecule has 0 atom stereocenters. The molecular weight excluding hydrogens is 317 g/mol. The van der Waals surface area contributed by atoms with E-state index in [1.807, 2.05) is 0 Å². The molecule has 0 saturated carbocycles. The van der Waals surface area contributed by atoms with E-state index in [0.717, 1.165) is 13.8 Å². The number of carbonyl (C=O) groups is 2. The number of nitrogens with one attached hydrogen (secondary N) is 1. The molecule has 1 aromatic carbocycles. The minimum atomic E-state index is -4.69. The van der Waals surface area contributed by atoms with E-state index in [-0.39, 0.29) is 16.9 Å². The van der Waals surface area contributed by atoms with Crippen LogP contribution in [0, 0.1) is 6.92 Å². The van der Waals surface area contributed by atoms with E-state index >= 15 is 0 Å². The van der Waals surface area contributed by atoms with Gasteiger partial charge in [-0.3, -0.25) is 14.9 Å². The van der Waals surface area contributed by atoms with Crippen LogP contribution in [0.15, 0.2) is 28.8 Å². The van der Waals surface area contributed by atoms with Crippen LogP contribution in [-0.4, -0.2) is 17.0 Å². The summed E-state index contributed by atoms with van der Waals surface area (Å²) in [5.74, 6) is -1.89. The zero-order chi connectivity index (χ0) is 17.2. The normalized spacial score (nSPS) is 11.2. The number of anilines is 1. The number of benzene rings is 1. The highest BCUT2D eigenvalue weighted by atomic mass is 19.4. The SMILES string of the molecule is CC(=O)Oc1ccccc1C(=O)Nc1onc(C(F)(F)F)c1C. The monoisotopic (exact) mass is 328 g/mol. The Balaban J connectivity index is 2.27. The standard InChI is InChI=1S/C14H11F3N2O4/c1-7-11(14(15,16)17)19-23-13(7)18-12(21)9-5-3-4-6-10(9)22-8(2)20/h3-6H,1-2H3,(H,18,21). The van der Waals surface area contributed by atoms with Crippen LogP contribution >= 0.6 is 0 Å². The van der Waals surface area contributed by atoms with Gasteiger partial charge in [0.2, 0.25) is 5.88 Å². The van der Waals surface area contributed by atoms with Crippen molar-refractivity contribution in [1.29, 1.82) is 0 Å². The van der Waals surface area contributed by atoms with Gasteiger partial charge in [-0.25, -0.2) is 0 Å². The maximum atomic E-state index is 12.6. The van der Waals surface area contributed by atoms with Crippen molar-refractivity contribution < 1.29 is 32.0 Å². The first kappa shape index (κ1) is 16.5. The lowest BCUT2D eigenvalue weighted by molar-refractivity contribution is -0.143. The fourth-order valence-electron chi connectivity index (χ4n) is 1.79. The number of hydrogen-bond acceptors (Lipinski definition) is 5. The number of ether oxygens (including phenoxy) is 1. The van der Waals surface area contributed by atoms with Crippen molar-refractivity contribution in [3.63, 3.8) is 0 Å². The predicted molar refractivity (Wildman–Crippen MR) is 71.9 cm³/mol. The summed E-state index contributed by atoms with van der Waals surface area (Å²) in [6.07, 6.45) is -4.69. The number of para-hydroxylation sites is 1. The molecule has 0 fully saturated rings. The molecule has 0 aliphatic rings. The smallest absolute Gasteiger partial charge is 0.426 e. The van der Waals surface area contributed by atoms with Gasteiger partial charge in [0.1, 0.15) is 5.75 Å². The van der Waals surface area contributed by atoms with Crippen LogP contribution in [-0.2, 0) is 11.0 Å². The predicted octanol–water partition coefficient (Wildman–Crippen LogP) is 3.18. The molecule has 0 spiro atoms. The summed E-state index contributed by atoms with van der Waals surface area (Å²) in [6.45, 7) is 2.28. The average Bonchev–Trinajstić information content (AvgIpc) is 2.80. The second-order valence-corrected chi connectivity index (χ2v) is 4.53. The van der Waals surface area contributed by atoms with Gasteiger partial charge in [0.05, 0.1) is 5.56 Å². The lowest BCUT2D eigenvalue weighted by atomic mass is 10.2. The molecule has 1 amide bonds. The molecule has 0 saturated heterocycles. The van der Waals surface area contributed by atoms with Gasteiger partial charge in [-0.15, -0.1) is 0 Å². The zero-order valence-electron chi connectivity index (χ0n) is 12.0. The van der Waals surface area contributed by atoms with E-state index in [1.54, 1.807) is 0 Å². The number of rotatable bonds is 3. The number of hydrogen-bond donors (Lipinski definition) is 1. The second-order valence-electron chi connectivity index (χ2n) is 4.53. The maximum absolute atomic E-state index is 12.6. The van der Waals surface area contributed by atoms with Crippen molar-refractivity contribution in [3.05, 3.63) is 41.1 Å². The summed E-state index contributed by atoms with van der Waals surface area (Å²) in [7, 11) is 0. The number of halogens is 3. The molecule has 9 heteroatoms. The molecule has 122 valence electrons. The molecule has 1 heterocycles. The van der Waals surface area contributed by atoms with Crippen LogP contribution in [0.4, 0.5) is 19.1 Å². The molecular formula is C14H11F3N2O4. The van der Waals surface area contributed by atoms with E-state index in [2.05, 4.69) is 15.0 Å². The summed E-state index contributed by atoms with van der Waals surface area (Å²) in [5.41, 5.74) is -1.61. The highest BCUT2D eigenvalue weighted by molar-refractivity contribution is 6.06. The molecule has 1 aromatic heterocycles. The Bertz CT molecular complexity index is 753. The zero-order valence-corrected chi connectivity index (χ0v) is 12.0. The lowest BCUT2D eigenvalue weighted by Crippen LogP contribution is -2.15. The van der Waals surface area contributed by atoms with Crippen LogP contribution in [0.25, 0.3) is 0 Å². The van der Waals surface area contributed by atoms with Crippen molar-refractivity contribution in [3.8, 4) is 5.75 Å². The third-order valence-electron chi connectivity index (χ3n) is 2.80. The summed E-state index contributed by atoms with van der Waals surface area (Å²) < 4.78 is 47.3. The maximum Gasteiger partial charge on any atom is 0.437 e. The Morgan fingerprint density at radius 3 is 2.48 bits per heavy atom. The van der Waals surface area contributed by atoms with Gasteiger partial charge in [0.25, 0.3) is 5.91 Å². The molecule has 6 nitrogen and oxygen atoms in total. The fraction of sp³-hybridized carbons (Fsp3) is 0.214. The number of carbonyl (C=O) groups excluding carboxylic acids is 2. The van der Waals surface area contributed by atoms with Crippen molar-refractivity contribution in [2.24, 2.45) is 0 Å². The summed E-state index contributed by atoms with van der Waals surface area (Å²) in [4.78, 5) is 23.2. The quantitative estimate of drug-likeness (QED) is 0.691. The van der Waals surface area contributed by atoms with Crippen LogP contribution in [0.1, 0.15) is 28.5 Å². The fourth-order valence-corrected chi connectivity index (χ4v) is 1.79. The lowest BCUT2D eigenvalue weighted by Gasteiger charge is -2.08. The molecule has 0 unspecified atom stereocenters. The Kier molecular flexibility index (Phi) is 4.39. The van der Waals surface area contributed by atoms with Crippen molar-refractivity contribution in [1.82, 2.24) is 5.16 Å². The number of nitrogens with zero attached hydrogens (tertiary/aromatic N) is 1. The first-order valence-corrected chi connectivity index (χ1v) is 6.32. The molecule has 0 aliphatic carbocycles. The largest absolute Gasteiger partial charge is 0.437 e. The van der Waals surface area contributed by atoms with E-state index < -0.39 is 29.6 Å². The van der Waals surface area contributed by atoms with E-state index in [9.17, 15) is 22.8 Å². The van der Waals surface area contributed by atoms with Gasteiger partial charge < -0.3 is 9.26 Å². The van der Waals surface area contributed by atoms with E-state index in [1.165, 1.54) is 24.3 Å². The number of amides is 1. The minimum absolute atomic E-state index is 0.0225. The molecule has 0 aliphatic heterocycles. The summed E-state index contributed by atoms with van der Waals surface area (Å²) in [5, 5.41) is 5.08. The number of alkyl halides is 3. The Labute approximate surface area is 128 Å². The second kappa shape index (κ2) is 6.11. The number of aromatic nitrogens is 1.